The summed E-state index contributed by atoms with van der Waals surface area (Å²) in [5.74, 6) is 0.148. The van der Waals surface area contributed by atoms with Crippen molar-refractivity contribution in [1.82, 2.24) is 10.2 Å². The standard InChI is InChI=1S/C21H31N3OS/c1-14-7-5-8-15(11-14)23-20(26)24-17-9-6-10-18(24)13-16(12-17)22-19(25)21(2,3)4/h5,7-8,11,16-18H,6,9-10,12-13H2,1-4H3,(H,22,25)(H,23,26)/t16?,17-,18+. The highest BCUT2D eigenvalue weighted by molar-refractivity contribution is 7.80. The molecule has 0 radical (unpaired) electrons. The lowest BCUT2D eigenvalue weighted by molar-refractivity contribution is -0.129. The van der Waals surface area contributed by atoms with Crippen LogP contribution in [0, 0.1) is 12.3 Å². The van der Waals surface area contributed by atoms with Gasteiger partial charge in [-0.3, -0.25) is 4.79 Å². The lowest BCUT2D eigenvalue weighted by Gasteiger charge is -2.50. The monoisotopic (exact) mass is 373 g/mol. The SMILES string of the molecule is Cc1cccc(NC(=S)N2[C@@H]3CCC[C@H]2CC(NC(=O)C(C)(C)C)C3)c1. The Hall–Kier alpha value is -1.62. The summed E-state index contributed by atoms with van der Waals surface area (Å²) in [6, 6.07) is 9.41. The smallest absolute Gasteiger partial charge is 0.225 e. The van der Waals surface area contributed by atoms with Crippen LogP contribution in [0.25, 0.3) is 0 Å². The Labute approximate surface area is 162 Å². The maximum absolute atomic E-state index is 12.4. The van der Waals surface area contributed by atoms with Crippen LogP contribution in [0.4, 0.5) is 5.69 Å². The zero-order chi connectivity index (χ0) is 18.9. The Morgan fingerprint density at radius 3 is 2.42 bits per heavy atom. The molecule has 0 spiro atoms. The lowest BCUT2D eigenvalue weighted by atomic mass is 9.81. The normalized spacial score (nSPS) is 25.5. The first-order chi connectivity index (χ1) is 12.2. The second kappa shape index (κ2) is 7.55. The molecule has 0 aromatic heterocycles. The molecule has 2 saturated heterocycles. The molecule has 4 nitrogen and oxygen atoms in total. The molecule has 5 heteroatoms. The Morgan fingerprint density at radius 2 is 1.85 bits per heavy atom. The van der Waals surface area contributed by atoms with Crippen molar-refractivity contribution in [2.45, 2.75) is 77.9 Å². The number of anilines is 1. The highest BCUT2D eigenvalue weighted by atomic mass is 32.1. The van der Waals surface area contributed by atoms with E-state index in [-0.39, 0.29) is 17.4 Å². The maximum atomic E-state index is 12.4. The van der Waals surface area contributed by atoms with Gasteiger partial charge in [0, 0.05) is 29.2 Å². The van der Waals surface area contributed by atoms with E-state index in [1.807, 2.05) is 20.8 Å². The summed E-state index contributed by atoms with van der Waals surface area (Å²) >= 11 is 5.77. The number of nitrogens with one attached hydrogen (secondary N) is 2. The van der Waals surface area contributed by atoms with Crippen molar-refractivity contribution in [3.63, 3.8) is 0 Å². The number of hydrogen-bond donors (Lipinski definition) is 2. The molecule has 3 rings (SSSR count). The molecule has 1 aromatic carbocycles. The van der Waals surface area contributed by atoms with Crippen molar-refractivity contribution in [3.8, 4) is 0 Å². The van der Waals surface area contributed by atoms with Gasteiger partial charge in [-0.05, 0) is 68.9 Å². The predicted molar refractivity (Wildman–Crippen MR) is 111 cm³/mol. The number of carbonyl (C=O) groups excluding carboxylic acids is 1. The molecule has 142 valence electrons. The lowest BCUT2D eigenvalue weighted by Crippen LogP contribution is -2.60. The Morgan fingerprint density at radius 1 is 1.19 bits per heavy atom. The highest BCUT2D eigenvalue weighted by Crippen LogP contribution is 2.35. The molecule has 26 heavy (non-hydrogen) atoms. The first-order valence-electron chi connectivity index (χ1n) is 9.71. The summed E-state index contributed by atoms with van der Waals surface area (Å²) in [6.07, 6.45) is 5.50. The van der Waals surface area contributed by atoms with E-state index in [4.69, 9.17) is 12.2 Å². The number of carbonyl (C=O) groups is 1. The highest BCUT2D eigenvalue weighted by Gasteiger charge is 2.40. The van der Waals surface area contributed by atoms with Gasteiger partial charge in [0.2, 0.25) is 5.91 Å². The minimum absolute atomic E-state index is 0.148. The number of piperidine rings is 2. The zero-order valence-electron chi connectivity index (χ0n) is 16.3. The minimum atomic E-state index is -0.339. The molecular formula is C21H31N3OS. The fraction of sp³-hybridized carbons (Fsp3) is 0.619. The first-order valence-corrected chi connectivity index (χ1v) is 10.1. The van der Waals surface area contributed by atoms with E-state index in [2.05, 4.69) is 46.7 Å². The Balaban J connectivity index is 1.67. The van der Waals surface area contributed by atoms with E-state index in [0.717, 1.165) is 36.5 Å². The van der Waals surface area contributed by atoms with Crippen LogP contribution in [-0.2, 0) is 4.79 Å². The number of benzene rings is 1. The van der Waals surface area contributed by atoms with Crippen molar-refractivity contribution >= 4 is 28.9 Å². The second-order valence-corrected chi connectivity index (χ2v) is 9.22. The number of nitrogens with zero attached hydrogens (tertiary/aromatic N) is 1. The van der Waals surface area contributed by atoms with Crippen LogP contribution < -0.4 is 10.6 Å². The fourth-order valence-corrected chi connectivity index (χ4v) is 4.56. The molecule has 0 saturated carbocycles. The number of thiocarbonyl (C=S) groups is 1. The summed E-state index contributed by atoms with van der Waals surface area (Å²) in [5, 5.41) is 7.53. The molecular weight excluding hydrogens is 342 g/mol. The van der Waals surface area contributed by atoms with Crippen LogP contribution in [0.1, 0.15) is 58.4 Å². The number of fused-ring (bicyclic) bond motifs is 2. The third-order valence-corrected chi connectivity index (χ3v) is 5.81. The van der Waals surface area contributed by atoms with Crippen LogP contribution in [0.2, 0.25) is 0 Å². The van der Waals surface area contributed by atoms with Crippen LogP contribution in [0.3, 0.4) is 0 Å². The topological polar surface area (TPSA) is 44.4 Å². The zero-order valence-corrected chi connectivity index (χ0v) is 17.2. The van der Waals surface area contributed by atoms with Crippen LogP contribution in [0.15, 0.2) is 24.3 Å². The summed E-state index contributed by atoms with van der Waals surface area (Å²) < 4.78 is 0. The summed E-state index contributed by atoms with van der Waals surface area (Å²) in [4.78, 5) is 14.8. The third kappa shape index (κ3) is 4.37. The molecule has 2 fully saturated rings. The van der Waals surface area contributed by atoms with Gasteiger partial charge in [0.1, 0.15) is 0 Å². The molecule has 2 N–H and O–H groups in total. The van der Waals surface area contributed by atoms with Crippen LogP contribution in [0.5, 0.6) is 0 Å². The summed E-state index contributed by atoms with van der Waals surface area (Å²) in [7, 11) is 0. The van der Waals surface area contributed by atoms with Crippen molar-refractivity contribution in [2.24, 2.45) is 5.41 Å². The van der Waals surface area contributed by atoms with Gasteiger partial charge in [0.05, 0.1) is 0 Å². The van der Waals surface area contributed by atoms with Gasteiger partial charge in [0.15, 0.2) is 5.11 Å². The fourth-order valence-electron chi connectivity index (χ4n) is 4.14. The number of rotatable bonds is 2. The van der Waals surface area contributed by atoms with Crippen molar-refractivity contribution in [3.05, 3.63) is 29.8 Å². The molecule has 2 aliphatic rings. The van der Waals surface area contributed by atoms with Crippen LogP contribution in [-0.4, -0.2) is 34.0 Å². The molecule has 1 unspecified atom stereocenters. The second-order valence-electron chi connectivity index (χ2n) is 8.84. The van der Waals surface area contributed by atoms with E-state index in [9.17, 15) is 4.79 Å². The summed E-state index contributed by atoms with van der Waals surface area (Å²) in [5.41, 5.74) is 1.94. The molecule has 1 amide bonds. The van der Waals surface area contributed by atoms with Gasteiger partial charge in [-0.25, -0.2) is 0 Å². The van der Waals surface area contributed by atoms with Gasteiger partial charge in [-0.2, -0.15) is 0 Å². The molecule has 2 aliphatic heterocycles. The van der Waals surface area contributed by atoms with Crippen molar-refractivity contribution in [2.75, 3.05) is 5.32 Å². The van der Waals surface area contributed by atoms with Gasteiger partial charge >= 0.3 is 0 Å². The van der Waals surface area contributed by atoms with Crippen molar-refractivity contribution < 1.29 is 4.79 Å². The average molecular weight is 374 g/mol. The average Bonchev–Trinajstić information content (AvgIpc) is 2.53. The van der Waals surface area contributed by atoms with E-state index in [1.54, 1.807) is 0 Å². The minimum Gasteiger partial charge on any atom is -0.353 e. The molecule has 1 aromatic rings. The predicted octanol–water partition coefficient (Wildman–Crippen LogP) is 4.24. The number of amides is 1. The van der Waals surface area contributed by atoms with Gasteiger partial charge in [-0.1, -0.05) is 32.9 Å². The van der Waals surface area contributed by atoms with Crippen molar-refractivity contribution in [1.29, 1.82) is 0 Å². The quantitative estimate of drug-likeness (QED) is 0.761. The first kappa shape index (κ1) is 19.2. The molecule has 3 atom stereocenters. The van der Waals surface area contributed by atoms with Gasteiger partial charge < -0.3 is 15.5 Å². The third-order valence-electron chi connectivity index (χ3n) is 5.49. The Bertz CT molecular complexity index is 668. The van der Waals surface area contributed by atoms with E-state index < -0.39 is 0 Å². The number of aryl methyl sites for hydroxylation is 1. The van der Waals surface area contributed by atoms with Crippen LogP contribution >= 0.6 is 12.2 Å². The molecule has 2 bridgehead atoms. The largest absolute Gasteiger partial charge is 0.353 e. The number of hydrogen-bond acceptors (Lipinski definition) is 2. The van der Waals surface area contributed by atoms with E-state index in [0.29, 0.717) is 12.1 Å². The Kier molecular flexibility index (Phi) is 5.56. The maximum Gasteiger partial charge on any atom is 0.225 e. The molecule has 2 heterocycles. The van der Waals surface area contributed by atoms with Gasteiger partial charge in [-0.15, -0.1) is 0 Å². The summed E-state index contributed by atoms with van der Waals surface area (Å²) in [6.45, 7) is 8.00. The van der Waals surface area contributed by atoms with Gasteiger partial charge in [0.25, 0.3) is 0 Å². The van der Waals surface area contributed by atoms with E-state index >= 15 is 0 Å². The molecule has 0 aliphatic carbocycles. The van der Waals surface area contributed by atoms with E-state index in [1.165, 1.54) is 12.0 Å².